The number of fused-ring (bicyclic) bond motifs is 1. The van der Waals surface area contributed by atoms with Gasteiger partial charge in [-0.1, -0.05) is 37.8 Å². The molecule has 7 nitrogen and oxygen atoms in total. The van der Waals surface area contributed by atoms with Gasteiger partial charge < -0.3 is 14.5 Å². The third kappa shape index (κ3) is 3.10. The molecule has 156 valence electrons. The van der Waals surface area contributed by atoms with Crippen molar-refractivity contribution < 1.29 is 14.3 Å². The van der Waals surface area contributed by atoms with Gasteiger partial charge in [-0.2, -0.15) is 5.10 Å². The fourth-order valence-electron chi connectivity index (χ4n) is 5.76. The van der Waals surface area contributed by atoms with Gasteiger partial charge in [-0.25, -0.2) is 0 Å². The van der Waals surface area contributed by atoms with Crippen LogP contribution < -0.4 is 0 Å². The Bertz CT molecular complexity index is 799. The Balaban J connectivity index is 1.32. The Labute approximate surface area is 171 Å². The van der Waals surface area contributed by atoms with E-state index in [2.05, 4.69) is 16.3 Å². The number of nitrogens with zero attached hydrogens (tertiary/aromatic N) is 3. The number of hydrogen-bond donors (Lipinski definition) is 1. The van der Waals surface area contributed by atoms with E-state index in [1.165, 1.54) is 25.7 Å². The minimum Gasteiger partial charge on any atom is -0.360 e. The highest BCUT2D eigenvalue weighted by atomic mass is 16.5. The highest BCUT2D eigenvalue weighted by Crippen LogP contribution is 2.53. The van der Waals surface area contributed by atoms with Gasteiger partial charge in [0.15, 0.2) is 0 Å². The van der Waals surface area contributed by atoms with E-state index in [1.54, 1.807) is 11.1 Å². The zero-order valence-electron chi connectivity index (χ0n) is 17.0. The number of amides is 2. The lowest BCUT2D eigenvalue weighted by molar-refractivity contribution is -0.143. The highest BCUT2D eigenvalue weighted by molar-refractivity contribution is 5.93. The number of H-pyrrole nitrogens is 1. The fourth-order valence-corrected chi connectivity index (χ4v) is 5.76. The van der Waals surface area contributed by atoms with Gasteiger partial charge in [-0.3, -0.25) is 14.7 Å². The first-order valence-corrected chi connectivity index (χ1v) is 11.0. The van der Waals surface area contributed by atoms with Gasteiger partial charge >= 0.3 is 0 Å². The number of rotatable bonds is 5. The molecule has 1 aliphatic carbocycles. The lowest BCUT2D eigenvalue weighted by atomic mass is 9.76. The summed E-state index contributed by atoms with van der Waals surface area (Å²) < 4.78 is 6.30. The fraction of sp³-hybridized carbons (Fsp3) is 0.682. The SMILES string of the molecule is CN(CCc1cn[nH]c1)C(=O)[C@@H]1[C@@H]2C=C[C@@]3(CN(C4CCCCCC4)C(=O)[C@@H]13)O2. The van der Waals surface area contributed by atoms with Crippen molar-refractivity contribution in [2.24, 2.45) is 11.8 Å². The van der Waals surface area contributed by atoms with Gasteiger partial charge in [0.1, 0.15) is 5.60 Å². The van der Waals surface area contributed by atoms with Crippen molar-refractivity contribution in [1.29, 1.82) is 0 Å². The lowest BCUT2D eigenvalue weighted by Crippen LogP contribution is -2.45. The monoisotopic (exact) mass is 398 g/mol. The van der Waals surface area contributed by atoms with Crippen LogP contribution in [0.25, 0.3) is 0 Å². The number of hydrogen-bond acceptors (Lipinski definition) is 4. The number of nitrogens with one attached hydrogen (secondary N) is 1. The van der Waals surface area contributed by atoms with Crippen LogP contribution in [0.15, 0.2) is 24.5 Å². The summed E-state index contributed by atoms with van der Waals surface area (Å²) in [5.74, 6) is -0.627. The van der Waals surface area contributed by atoms with E-state index in [9.17, 15) is 9.59 Å². The summed E-state index contributed by atoms with van der Waals surface area (Å²) in [6.07, 6.45) is 15.2. The first kappa shape index (κ1) is 18.9. The molecule has 4 atom stereocenters. The van der Waals surface area contributed by atoms with E-state index in [0.717, 1.165) is 24.8 Å². The Hall–Kier alpha value is -2.15. The average molecular weight is 399 g/mol. The Morgan fingerprint density at radius 2 is 2.14 bits per heavy atom. The minimum atomic E-state index is -0.597. The van der Waals surface area contributed by atoms with Crippen LogP contribution in [0.1, 0.15) is 44.1 Å². The molecule has 0 radical (unpaired) electrons. The summed E-state index contributed by atoms with van der Waals surface area (Å²) in [5, 5.41) is 6.76. The second-order valence-corrected chi connectivity index (χ2v) is 9.13. The molecule has 2 saturated heterocycles. The maximum absolute atomic E-state index is 13.5. The highest BCUT2D eigenvalue weighted by Gasteiger charge is 2.67. The van der Waals surface area contributed by atoms with Gasteiger partial charge in [0.25, 0.3) is 0 Å². The smallest absolute Gasteiger partial charge is 0.230 e. The Morgan fingerprint density at radius 3 is 2.86 bits per heavy atom. The summed E-state index contributed by atoms with van der Waals surface area (Å²) in [4.78, 5) is 30.6. The number of carbonyl (C=O) groups excluding carboxylic acids is 2. The maximum atomic E-state index is 13.5. The number of aromatic nitrogens is 2. The number of likely N-dealkylation sites (tertiary alicyclic amines) is 1. The average Bonchev–Trinajstić information content (AvgIpc) is 3.45. The van der Waals surface area contributed by atoms with Gasteiger partial charge in [0.05, 0.1) is 30.7 Å². The van der Waals surface area contributed by atoms with E-state index >= 15 is 0 Å². The molecule has 1 aromatic heterocycles. The first-order chi connectivity index (χ1) is 14.1. The molecule has 5 rings (SSSR count). The molecule has 0 aromatic carbocycles. The topological polar surface area (TPSA) is 78.5 Å². The molecule has 1 aromatic rings. The second kappa shape index (κ2) is 7.27. The minimum absolute atomic E-state index is 0.0192. The number of aromatic amines is 1. The summed E-state index contributed by atoms with van der Waals surface area (Å²) in [6.45, 7) is 1.21. The number of ether oxygens (including phenoxy) is 1. The van der Waals surface area contributed by atoms with Crippen LogP contribution in [0.3, 0.4) is 0 Å². The molecule has 7 heteroatoms. The van der Waals surface area contributed by atoms with E-state index in [1.807, 2.05) is 24.2 Å². The summed E-state index contributed by atoms with van der Waals surface area (Å²) in [7, 11) is 1.83. The molecule has 1 spiro atoms. The van der Waals surface area contributed by atoms with Crippen molar-refractivity contribution in [2.45, 2.75) is 62.7 Å². The molecule has 0 unspecified atom stereocenters. The van der Waals surface area contributed by atoms with E-state index in [-0.39, 0.29) is 23.8 Å². The predicted octanol–water partition coefficient (Wildman–Crippen LogP) is 1.92. The van der Waals surface area contributed by atoms with Crippen LogP contribution in [-0.2, 0) is 20.7 Å². The van der Waals surface area contributed by atoms with Crippen LogP contribution in [0.2, 0.25) is 0 Å². The van der Waals surface area contributed by atoms with Crippen LogP contribution in [0.5, 0.6) is 0 Å². The van der Waals surface area contributed by atoms with E-state index in [4.69, 9.17) is 4.74 Å². The predicted molar refractivity (Wildman–Crippen MR) is 107 cm³/mol. The van der Waals surface area contributed by atoms with Crippen molar-refractivity contribution in [1.82, 2.24) is 20.0 Å². The zero-order chi connectivity index (χ0) is 20.0. The van der Waals surface area contributed by atoms with Gasteiger partial charge in [-0.05, 0) is 24.8 Å². The number of carbonyl (C=O) groups is 2. The molecular weight excluding hydrogens is 368 g/mol. The van der Waals surface area contributed by atoms with Crippen LogP contribution in [0, 0.1) is 11.8 Å². The van der Waals surface area contributed by atoms with Crippen LogP contribution >= 0.6 is 0 Å². The standard InChI is InChI=1S/C22H30N4O3/c1-25(11-9-15-12-23-24-13-15)20(27)18-17-8-10-22(29-17)14-26(21(28)19(18)22)16-6-4-2-3-5-7-16/h8,10,12-13,16-19H,2-7,9,11,14H2,1H3,(H,23,24)/t17-,18+,19+,22-/m0/s1. The van der Waals surface area contributed by atoms with Crippen LogP contribution in [0.4, 0.5) is 0 Å². The summed E-state index contributed by atoms with van der Waals surface area (Å²) in [5.41, 5.74) is 0.474. The van der Waals surface area contributed by atoms with Crippen molar-refractivity contribution in [3.8, 4) is 0 Å². The third-order valence-electron chi connectivity index (χ3n) is 7.35. The van der Waals surface area contributed by atoms with Crippen molar-refractivity contribution >= 4 is 11.8 Å². The largest absolute Gasteiger partial charge is 0.360 e. The normalized spacial score (nSPS) is 33.9. The first-order valence-electron chi connectivity index (χ1n) is 11.0. The van der Waals surface area contributed by atoms with Gasteiger partial charge in [0.2, 0.25) is 11.8 Å². The molecule has 4 aliphatic rings. The second-order valence-electron chi connectivity index (χ2n) is 9.13. The molecule has 1 N–H and O–H groups in total. The molecule has 2 bridgehead atoms. The Morgan fingerprint density at radius 1 is 1.34 bits per heavy atom. The summed E-state index contributed by atoms with van der Waals surface area (Å²) in [6, 6.07) is 0.301. The molecule has 3 aliphatic heterocycles. The van der Waals surface area contributed by atoms with E-state index < -0.39 is 11.5 Å². The zero-order valence-corrected chi connectivity index (χ0v) is 17.0. The van der Waals surface area contributed by atoms with Crippen molar-refractivity contribution in [2.75, 3.05) is 20.1 Å². The Kier molecular flexibility index (Phi) is 4.73. The molecule has 2 amide bonds. The van der Waals surface area contributed by atoms with E-state index in [0.29, 0.717) is 19.1 Å². The van der Waals surface area contributed by atoms with Crippen LogP contribution in [-0.4, -0.2) is 69.7 Å². The molecule has 29 heavy (non-hydrogen) atoms. The van der Waals surface area contributed by atoms with Crippen molar-refractivity contribution in [3.63, 3.8) is 0 Å². The van der Waals surface area contributed by atoms with Gasteiger partial charge in [-0.15, -0.1) is 0 Å². The summed E-state index contributed by atoms with van der Waals surface area (Å²) >= 11 is 0. The van der Waals surface area contributed by atoms with Crippen molar-refractivity contribution in [3.05, 3.63) is 30.1 Å². The molecule has 4 heterocycles. The molecule has 1 saturated carbocycles. The molecule has 3 fully saturated rings. The molecular formula is C22H30N4O3. The lowest BCUT2D eigenvalue weighted by Gasteiger charge is -2.30. The number of likely N-dealkylation sites (N-methyl/N-ethyl adjacent to an activating group) is 1. The quantitative estimate of drug-likeness (QED) is 0.607. The maximum Gasteiger partial charge on any atom is 0.230 e. The van der Waals surface area contributed by atoms with Gasteiger partial charge in [0, 0.05) is 25.8 Å². The third-order valence-corrected chi connectivity index (χ3v) is 7.35.